The van der Waals surface area contributed by atoms with Gasteiger partial charge in [-0.25, -0.2) is 0 Å². The Labute approximate surface area is 153 Å². The van der Waals surface area contributed by atoms with Crippen molar-refractivity contribution >= 4 is 5.78 Å². The van der Waals surface area contributed by atoms with Crippen LogP contribution in [-0.4, -0.2) is 46.2 Å². The van der Waals surface area contributed by atoms with Crippen LogP contribution in [0.2, 0.25) is 0 Å². The number of likely N-dealkylation sites (N-methyl/N-ethyl adjacent to an activating group) is 1. The normalized spacial score (nSPS) is 16.8. The second-order valence-electron chi connectivity index (χ2n) is 6.16. The van der Waals surface area contributed by atoms with Gasteiger partial charge in [-0.3, -0.25) is 9.69 Å². The maximum Gasteiger partial charge on any atom is 0.184 e. The molecule has 0 saturated heterocycles. The number of benzene rings is 2. The predicted molar refractivity (Wildman–Crippen MR) is 97.6 cm³/mol. The van der Waals surface area contributed by atoms with E-state index in [1.165, 1.54) is 0 Å². The number of ether oxygens (including phenoxy) is 4. The van der Waals surface area contributed by atoms with Gasteiger partial charge in [0.15, 0.2) is 28.8 Å². The first-order valence-electron chi connectivity index (χ1n) is 8.25. The summed E-state index contributed by atoms with van der Waals surface area (Å²) in [6.07, 6.45) is 0. The van der Waals surface area contributed by atoms with Crippen molar-refractivity contribution in [1.82, 2.24) is 4.90 Å². The summed E-state index contributed by atoms with van der Waals surface area (Å²) < 4.78 is 21.4. The Morgan fingerprint density at radius 2 is 1.42 bits per heavy atom. The molecular formula is C20H23NO5. The van der Waals surface area contributed by atoms with E-state index in [9.17, 15) is 4.79 Å². The highest BCUT2D eigenvalue weighted by Gasteiger charge is 2.34. The molecule has 1 atom stereocenters. The lowest BCUT2D eigenvalue weighted by molar-refractivity contribution is 0.0811. The Kier molecular flexibility index (Phi) is 5.04. The molecule has 138 valence electrons. The standard InChI is InChI=1S/C20H23NO5/c1-21-11-13-9-17(25-4)18(26-5)10-14(13)20(22)19(21)12-6-7-15(23-2)16(8-12)24-3/h6-10,19H,11H2,1-5H3. The van der Waals surface area contributed by atoms with E-state index in [1.54, 1.807) is 34.5 Å². The molecule has 2 aromatic carbocycles. The van der Waals surface area contributed by atoms with Crippen molar-refractivity contribution in [2.45, 2.75) is 12.6 Å². The largest absolute Gasteiger partial charge is 0.493 e. The molecule has 26 heavy (non-hydrogen) atoms. The molecule has 1 aliphatic heterocycles. The summed E-state index contributed by atoms with van der Waals surface area (Å²) in [7, 11) is 8.26. The molecule has 1 aliphatic rings. The van der Waals surface area contributed by atoms with Crippen LogP contribution in [0.15, 0.2) is 30.3 Å². The molecule has 6 heteroatoms. The monoisotopic (exact) mass is 357 g/mol. The van der Waals surface area contributed by atoms with Crippen LogP contribution >= 0.6 is 0 Å². The van der Waals surface area contributed by atoms with Crippen LogP contribution < -0.4 is 18.9 Å². The minimum Gasteiger partial charge on any atom is -0.493 e. The fraction of sp³-hybridized carbons (Fsp3) is 0.350. The number of fused-ring (bicyclic) bond motifs is 1. The summed E-state index contributed by atoms with van der Waals surface area (Å²) in [5, 5.41) is 0. The molecule has 1 heterocycles. The average molecular weight is 357 g/mol. The van der Waals surface area contributed by atoms with Crippen molar-refractivity contribution in [1.29, 1.82) is 0 Å². The highest BCUT2D eigenvalue weighted by Crippen LogP contribution is 2.40. The Balaban J connectivity index is 2.05. The Hall–Kier alpha value is -2.73. The minimum absolute atomic E-state index is 0.0157. The van der Waals surface area contributed by atoms with Crippen LogP contribution in [0.4, 0.5) is 0 Å². The summed E-state index contributed by atoms with van der Waals surface area (Å²) in [6, 6.07) is 8.79. The summed E-state index contributed by atoms with van der Waals surface area (Å²) in [5.41, 5.74) is 2.43. The zero-order valence-electron chi connectivity index (χ0n) is 15.7. The lowest BCUT2D eigenvalue weighted by Gasteiger charge is -2.33. The molecule has 0 radical (unpaired) electrons. The first-order valence-corrected chi connectivity index (χ1v) is 8.25. The van der Waals surface area contributed by atoms with E-state index < -0.39 is 6.04 Å². The van der Waals surface area contributed by atoms with Crippen LogP contribution in [0.1, 0.15) is 27.5 Å². The topological polar surface area (TPSA) is 57.2 Å². The van der Waals surface area contributed by atoms with Gasteiger partial charge in [0.25, 0.3) is 0 Å². The van der Waals surface area contributed by atoms with E-state index in [1.807, 2.05) is 36.2 Å². The molecule has 3 rings (SSSR count). The number of ketones is 1. The number of methoxy groups -OCH3 is 4. The predicted octanol–water partition coefficient (Wildman–Crippen LogP) is 3.09. The molecule has 6 nitrogen and oxygen atoms in total. The molecular weight excluding hydrogens is 334 g/mol. The van der Waals surface area contributed by atoms with Crippen LogP contribution in [-0.2, 0) is 6.54 Å². The van der Waals surface area contributed by atoms with Crippen molar-refractivity contribution in [3.63, 3.8) is 0 Å². The average Bonchev–Trinajstić information content (AvgIpc) is 2.66. The van der Waals surface area contributed by atoms with Gasteiger partial charge >= 0.3 is 0 Å². The van der Waals surface area contributed by atoms with E-state index in [0.29, 0.717) is 35.1 Å². The van der Waals surface area contributed by atoms with Gasteiger partial charge in [0, 0.05) is 12.1 Å². The highest BCUT2D eigenvalue weighted by atomic mass is 16.5. The molecule has 0 amide bonds. The van der Waals surface area contributed by atoms with Crippen LogP contribution in [0.3, 0.4) is 0 Å². The van der Waals surface area contributed by atoms with Crippen molar-refractivity contribution in [2.24, 2.45) is 0 Å². The Bertz CT molecular complexity index is 833. The van der Waals surface area contributed by atoms with Gasteiger partial charge in [0.1, 0.15) is 0 Å². The van der Waals surface area contributed by atoms with Gasteiger partial charge in [-0.1, -0.05) is 6.07 Å². The molecule has 0 spiro atoms. The Morgan fingerprint density at radius 3 is 2.04 bits per heavy atom. The van der Waals surface area contributed by atoms with Gasteiger partial charge < -0.3 is 18.9 Å². The fourth-order valence-corrected chi connectivity index (χ4v) is 3.42. The van der Waals surface area contributed by atoms with Gasteiger partial charge in [-0.15, -0.1) is 0 Å². The number of rotatable bonds is 5. The maximum absolute atomic E-state index is 13.2. The quantitative estimate of drug-likeness (QED) is 0.820. The summed E-state index contributed by atoms with van der Waals surface area (Å²) in [5.74, 6) is 2.42. The number of carbonyl (C=O) groups is 1. The van der Waals surface area contributed by atoms with E-state index in [2.05, 4.69) is 0 Å². The molecule has 2 aromatic rings. The maximum atomic E-state index is 13.2. The molecule has 0 bridgehead atoms. The van der Waals surface area contributed by atoms with Gasteiger partial charge in [0.05, 0.1) is 34.5 Å². The molecule has 0 fully saturated rings. The van der Waals surface area contributed by atoms with Gasteiger partial charge in [-0.05, 0) is 42.4 Å². The molecule has 0 saturated carbocycles. The number of hydrogen-bond acceptors (Lipinski definition) is 6. The first-order chi connectivity index (χ1) is 12.5. The van der Waals surface area contributed by atoms with Crippen molar-refractivity contribution in [2.75, 3.05) is 35.5 Å². The minimum atomic E-state index is -0.402. The molecule has 0 aliphatic carbocycles. The van der Waals surface area contributed by atoms with E-state index in [4.69, 9.17) is 18.9 Å². The van der Waals surface area contributed by atoms with Crippen molar-refractivity contribution < 1.29 is 23.7 Å². The zero-order valence-corrected chi connectivity index (χ0v) is 15.7. The smallest absolute Gasteiger partial charge is 0.184 e. The third-order valence-corrected chi connectivity index (χ3v) is 4.71. The molecule has 0 N–H and O–H groups in total. The lowest BCUT2D eigenvalue weighted by atomic mass is 9.88. The summed E-state index contributed by atoms with van der Waals surface area (Å²) in [6.45, 7) is 0.625. The van der Waals surface area contributed by atoms with Crippen molar-refractivity contribution in [3.8, 4) is 23.0 Å². The van der Waals surface area contributed by atoms with E-state index in [-0.39, 0.29) is 5.78 Å². The van der Waals surface area contributed by atoms with E-state index in [0.717, 1.165) is 11.1 Å². The fourth-order valence-electron chi connectivity index (χ4n) is 3.42. The number of carbonyl (C=O) groups excluding carboxylic acids is 1. The third-order valence-electron chi connectivity index (χ3n) is 4.71. The highest BCUT2D eigenvalue weighted by molar-refractivity contribution is 6.03. The second kappa shape index (κ2) is 7.25. The Morgan fingerprint density at radius 1 is 0.846 bits per heavy atom. The van der Waals surface area contributed by atoms with Crippen LogP contribution in [0, 0.1) is 0 Å². The van der Waals surface area contributed by atoms with Crippen molar-refractivity contribution in [3.05, 3.63) is 47.0 Å². The third kappa shape index (κ3) is 2.97. The number of hydrogen-bond donors (Lipinski definition) is 0. The van der Waals surface area contributed by atoms with Crippen LogP contribution in [0.25, 0.3) is 0 Å². The molecule has 1 unspecified atom stereocenters. The second-order valence-corrected chi connectivity index (χ2v) is 6.16. The summed E-state index contributed by atoms with van der Waals surface area (Å²) >= 11 is 0. The van der Waals surface area contributed by atoms with E-state index >= 15 is 0 Å². The lowest BCUT2D eigenvalue weighted by Crippen LogP contribution is -2.36. The van der Waals surface area contributed by atoms with Gasteiger partial charge in [-0.2, -0.15) is 0 Å². The zero-order chi connectivity index (χ0) is 18.8. The summed E-state index contributed by atoms with van der Waals surface area (Å²) in [4.78, 5) is 15.3. The first kappa shape index (κ1) is 18.1. The van der Waals surface area contributed by atoms with Gasteiger partial charge in [0.2, 0.25) is 0 Å². The van der Waals surface area contributed by atoms with Crippen LogP contribution in [0.5, 0.6) is 23.0 Å². The number of Topliss-reactive ketones (excluding diaryl/α,β-unsaturated/α-hetero) is 1. The molecule has 0 aromatic heterocycles. The number of nitrogens with zero attached hydrogens (tertiary/aromatic N) is 1. The SMILES string of the molecule is COc1ccc(C2C(=O)c3cc(OC)c(OC)cc3CN2C)cc1OC.